The predicted octanol–water partition coefficient (Wildman–Crippen LogP) is 5.75. The summed E-state index contributed by atoms with van der Waals surface area (Å²) in [6.45, 7) is 7.40. The molecule has 1 aliphatic carbocycles. The van der Waals surface area contributed by atoms with Gasteiger partial charge in [-0.05, 0) is 45.2 Å². The van der Waals surface area contributed by atoms with E-state index in [9.17, 15) is 0 Å². The Morgan fingerprint density at radius 2 is 1.30 bits per heavy atom. The molecule has 0 saturated carbocycles. The van der Waals surface area contributed by atoms with Crippen molar-refractivity contribution in [2.45, 2.75) is 31.7 Å². The SMILES string of the molecule is C[Si](C)(C)N1C2c3ccccc3-c3cc4ccccc4cc3C21. The highest BCUT2D eigenvalue weighted by molar-refractivity contribution is 6.74. The second-order valence-electron chi connectivity index (χ2n) is 7.84. The maximum Gasteiger partial charge on any atom is 0.120 e. The first-order valence-electron chi connectivity index (χ1n) is 8.46. The van der Waals surface area contributed by atoms with Crippen LogP contribution in [-0.4, -0.2) is 12.8 Å². The average molecular weight is 315 g/mol. The Hall–Kier alpha value is -1.90. The molecule has 0 radical (unpaired) electrons. The molecule has 0 bridgehead atoms. The number of rotatable bonds is 1. The van der Waals surface area contributed by atoms with Gasteiger partial charge in [-0.3, -0.25) is 0 Å². The first-order chi connectivity index (χ1) is 11.1. The van der Waals surface area contributed by atoms with Crippen molar-refractivity contribution >= 4 is 19.0 Å². The number of benzene rings is 3. The van der Waals surface area contributed by atoms with Gasteiger partial charge in [-0.15, -0.1) is 0 Å². The molecule has 3 aromatic rings. The zero-order valence-corrected chi connectivity index (χ0v) is 14.9. The molecular formula is C21H21NSi. The third kappa shape index (κ3) is 1.82. The van der Waals surface area contributed by atoms with E-state index >= 15 is 0 Å². The third-order valence-electron chi connectivity index (χ3n) is 5.39. The zero-order chi connectivity index (χ0) is 15.8. The third-order valence-corrected chi connectivity index (χ3v) is 7.49. The highest BCUT2D eigenvalue weighted by atomic mass is 28.3. The molecule has 114 valence electrons. The van der Waals surface area contributed by atoms with Crippen molar-refractivity contribution in [2.75, 3.05) is 0 Å². The molecule has 0 spiro atoms. The van der Waals surface area contributed by atoms with Gasteiger partial charge in [-0.1, -0.05) is 68.2 Å². The molecule has 1 saturated heterocycles. The standard InChI is InChI=1S/C21H21NSi/c1-23(2,3)22-20-17-11-7-6-10-16(17)18-12-14-8-4-5-9-15(14)13-19(18)21(20)22/h4-13,20-21H,1-3H3. The van der Waals surface area contributed by atoms with Crippen LogP contribution in [0.15, 0.2) is 60.7 Å². The molecule has 2 heteroatoms. The van der Waals surface area contributed by atoms with Crippen molar-refractivity contribution in [2.24, 2.45) is 0 Å². The highest BCUT2D eigenvalue weighted by Crippen LogP contribution is 2.64. The summed E-state index contributed by atoms with van der Waals surface area (Å²) in [7, 11) is -1.32. The number of nitrogens with zero attached hydrogens (tertiary/aromatic N) is 1. The van der Waals surface area contributed by atoms with Crippen molar-refractivity contribution < 1.29 is 0 Å². The van der Waals surface area contributed by atoms with Gasteiger partial charge < -0.3 is 4.57 Å². The van der Waals surface area contributed by atoms with Crippen molar-refractivity contribution in [3.8, 4) is 11.1 Å². The first-order valence-corrected chi connectivity index (χ1v) is 11.9. The molecule has 3 unspecified atom stereocenters. The lowest BCUT2D eigenvalue weighted by molar-refractivity contribution is 0.729. The maximum absolute atomic E-state index is 2.80. The molecule has 0 aromatic heterocycles. The number of fused-ring (bicyclic) bond motifs is 7. The van der Waals surface area contributed by atoms with Gasteiger partial charge >= 0.3 is 0 Å². The Balaban J connectivity index is 1.82. The quantitative estimate of drug-likeness (QED) is 0.408. The first kappa shape index (κ1) is 13.5. The van der Waals surface area contributed by atoms with E-state index in [0.29, 0.717) is 12.1 Å². The number of hydrogen-bond donors (Lipinski definition) is 0. The summed E-state index contributed by atoms with van der Waals surface area (Å²) in [5.41, 5.74) is 5.95. The lowest BCUT2D eigenvalue weighted by Gasteiger charge is -2.19. The lowest BCUT2D eigenvalue weighted by atomic mass is 9.84. The van der Waals surface area contributed by atoms with Crippen molar-refractivity contribution in [3.05, 3.63) is 71.8 Å². The Bertz CT molecular complexity index is 938. The second-order valence-corrected chi connectivity index (χ2v) is 12.7. The molecule has 0 amide bonds. The summed E-state index contributed by atoms with van der Waals surface area (Å²) >= 11 is 0. The molecule has 1 fully saturated rings. The fourth-order valence-corrected chi connectivity index (χ4v) is 6.60. The van der Waals surface area contributed by atoms with Gasteiger partial charge in [0.05, 0.1) is 0 Å². The minimum atomic E-state index is -1.32. The highest BCUT2D eigenvalue weighted by Gasteiger charge is 2.57. The second kappa shape index (κ2) is 4.34. The van der Waals surface area contributed by atoms with Crippen LogP contribution in [0.3, 0.4) is 0 Å². The van der Waals surface area contributed by atoms with E-state index in [-0.39, 0.29) is 0 Å². The van der Waals surface area contributed by atoms with Crippen molar-refractivity contribution in [3.63, 3.8) is 0 Å². The van der Waals surface area contributed by atoms with Crippen LogP contribution < -0.4 is 0 Å². The molecule has 2 aliphatic rings. The van der Waals surface area contributed by atoms with Crippen LogP contribution in [0.1, 0.15) is 23.2 Å². The summed E-state index contributed by atoms with van der Waals surface area (Å²) in [6, 6.07) is 23.8. The molecular weight excluding hydrogens is 294 g/mol. The maximum atomic E-state index is 2.80. The molecule has 0 N–H and O–H groups in total. The van der Waals surface area contributed by atoms with Gasteiger partial charge in [0.15, 0.2) is 0 Å². The van der Waals surface area contributed by atoms with E-state index in [2.05, 4.69) is 84.9 Å². The zero-order valence-electron chi connectivity index (χ0n) is 13.9. The topological polar surface area (TPSA) is 3.01 Å². The Morgan fingerprint density at radius 3 is 2.04 bits per heavy atom. The van der Waals surface area contributed by atoms with E-state index in [1.54, 1.807) is 0 Å². The molecule has 23 heavy (non-hydrogen) atoms. The minimum Gasteiger partial charge on any atom is -0.308 e. The summed E-state index contributed by atoms with van der Waals surface area (Å²) in [6.07, 6.45) is 0. The molecule has 1 heterocycles. The Labute approximate surface area is 138 Å². The minimum absolute atomic E-state index is 0.594. The molecule has 3 atom stereocenters. The molecule has 1 nitrogen and oxygen atoms in total. The summed E-state index contributed by atoms with van der Waals surface area (Å²) in [5, 5.41) is 2.71. The average Bonchev–Trinajstić information content (AvgIpc) is 3.30. The van der Waals surface area contributed by atoms with E-state index in [0.717, 1.165) is 0 Å². The van der Waals surface area contributed by atoms with Crippen LogP contribution in [0, 0.1) is 0 Å². The van der Waals surface area contributed by atoms with E-state index < -0.39 is 8.24 Å². The van der Waals surface area contributed by atoms with Crippen LogP contribution in [0.2, 0.25) is 19.6 Å². The predicted molar refractivity (Wildman–Crippen MR) is 100 cm³/mol. The van der Waals surface area contributed by atoms with Crippen molar-refractivity contribution in [1.29, 1.82) is 0 Å². The summed E-state index contributed by atoms with van der Waals surface area (Å²) < 4.78 is 2.80. The smallest absolute Gasteiger partial charge is 0.120 e. The van der Waals surface area contributed by atoms with E-state index in [1.165, 1.54) is 33.0 Å². The summed E-state index contributed by atoms with van der Waals surface area (Å²) in [4.78, 5) is 0. The fraction of sp³-hybridized carbons (Fsp3) is 0.238. The largest absolute Gasteiger partial charge is 0.308 e. The van der Waals surface area contributed by atoms with Crippen molar-refractivity contribution in [1.82, 2.24) is 4.57 Å². The van der Waals surface area contributed by atoms with Crippen LogP contribution in [0.5, 0.6) is 0 Å². The van der Waals surface area contributed by atoms with E-state index in [4.69, 9.17) is 0 Å². The van der Waals surface area contributed by atoms with Gasteiger partial charge in [0.2, 0.25) is 0 Å². The van der Waals surface area contributed by atoms with Crippen LogP contribution in [0.25, 0.3) is 21.9 Å². The molecule has 1 aliphatic heterocycles. The van der Waals surface area contributed by atoms with Crippen LogP contribution in [0.4, 0.5) is 0 Å². The monoisotopic (exact) mass is 315 g/mol. The fourth-order valence-electron chi connectivity index (χ4n) is 4.44. The normalized spacial score (nSPS) is 24.7. The number of hydrogen-bond acceptors (Lipinski definition) is 1. The van der Waals surface area contributed by atoms with Gasteiger partial charge in [-0.25, -0.2) is 0 Å². The Kier molecular flexibility index (Phi) is 2.55. The Morgan fingerprint density at radius 1 is 0.696 bits per heavy atom. The lowest BCUT2D eigenvalue weighted by Crippen LogP contribution is -2.32. The van der Waals surface area contributed by atoms with Gasteiger partial charge in [-0.2, -0.15) is 0 Å². The van der Waals surface area contributed by atoms with Gasteiger partial charge in [0.1, 0.15) is 8.24 Å². The van der Waals surface area contributed by atoms with Gasteiger partial charge in [0.25, 0.3) is 0 Å². The van der Waals surface area contributed by atoms with E-state index in [1.807, 2.05) is 0 Å². The van der Waals surface area contributed by atoms with Crippen LogP contribution in [-0.2, 0) is 0 Å². The molecule has 3 aromatic carbocycles. The van der Waals surface area contributed by atoms with Crippen LogP contribution >= 0.6 is 0 Å². The molecule has 5 rings (SSSR count). The van der Waals surface area contributed by atoms with Gasteiger partial charge in [0, 0.05) is 12.1 Å². The summed E-state index contributed by atoms with van der Waals surface area (Å²) in [5.74, 6) is 0.